The van der Waals surface area contributed by atoms with Crippen LogP contribution < -0.4 is 5.32 Å². The van der Waals surface area contributed by atoms with Crippen LogP contribution in [-0.2, 0) is 4.79 Å². The van der Waals surface area contributed by atoms with E-state index in [0.29, 0.717) is 23.4 Å². The molecule has 0 fully saturated rings. The van der Waals surface area contributed by atoms with Gasteiger partial charge < -0.3 is 5.32 Å². The summed E-state index contributed by atoms with van der Waals surface area (Å²) in [6.07, 6.45) is 3.34. The molecule has 1 aromatic carbocycles. The largest absolute Gasteiger partial charge is 0.309 e. The van der Waals surface area contributed by atoms with Crippen LogP contribution in [0.5, 0.6) is 0 Å². The zero-order valence-electron chi connectivity index (χ0n) is 15.5. The molecule has 1 aliphatic heterocycles. The van der Waals surface area contributed by atoms with E-state index < -0.39 is 0 Å². The molecule has 6 nitrogen and oxygen atoms in total. The lowest BCUT2D eigenvalue weighted by molar-refractivity contribution is -0.113. The van der Waals surface area contributed by atoms with Gasteiger partial charge in [-0.25, -0.2) is 9.97 Å². The minimum Gasteiger partial charge on any atom is -0.309 e. The van der Waals surface area contributed by atoms with Gasteiger partial charge in [0.05, 0.1) is 16.7 Å². The Bertz CT molecular complexity index is 966. The lowest BCUT2D eigenvalue weighted by Gasteiger charge is -2.16. The smallest absolute Gasteiger partial charge is 0.252 e. The number of amides is 1. The van der Waals surface area contributed by atoms with Gasteiger partial charge in [0, 0.05) is 18.0 Å². The summed E-state index contributed by atoms with van der Waals surface area (Å²) in [5, 5.41) is 7.65. The van der Waals surface area contributed by atoms with Crippen LogP contribution >= 0.6 is 11.8 Å². The van der Waals surface area contributed by atoms with E-state index >= 15 is 0 Å². The molecule has 0 saturated heterocycles. The molecule has 0 radical (unpaired) electrons. The Hall–Kier alpha value is -2.67. The third-order valence-corrected chi connectivity index (χ3v) is 5.93. The number of thioether (sulfide) groups is 1. The average molecular weight is 379 g/mol. The predicted octanol–water partition coefficient (Wildman–Crippen LogP) is 3.87. The highest BCUT2D eigenvalue weighted by molar-refractivity contribution is 8.00. The normalized spacial score (nSPS) is 16.7. The van der Waals surface area contributed by atoms with Crippen molar-refractivity contribution in [3.05, 3.63) is 65.1 Å². The molecule has 3 heterocycles. The fraction of sp³-hybridized carbons (Fsp3) is 0.300. The van der Waals surface area contributed by atoms with Gasteiger partial charge in [-0.15, -0.1) is 11.8 Å². The second kappa shape index (κ2) is 7.15. The maximum Gasteiger partial charge on any atom is 0.252 e. The number of rotatable bonds is 3. The van der Waals surface area contributed by atoms with Gasteiger partial charge in [0.15, 0.2) is 0 Å². The number of carbonyl (C=O) groups is 1. The first kappa shape index (κ1) is 17.7. The van der Waals surface area contributed by atoms with E-state index in [9.17, 15) is 4.79 Å². The van der Waals surface area contributed by atoms with Crippen molar-refractivity contribution in [3.63, 3.8) is 0 Å². The van der Waals surface area contributed by atoms with Gasteiger partial charge in [0.25, 0.3) is 5.95 Å². The molecule has 0 spiro atoms. The fourth-order valence-corrected chi connectivity index (χ4v) is 4.44. The third-order valence-electron chi connectivity index (χ3n) is 4.66. The van der Waals surface area contributed by atoms with Crippen LogP contribution in [0.2, 0.25) is 0 Å². The molecule has 0 unspecified atom stereocenters. The van der Waals surface area contributed by atoms with E-state index in [-0.39, 0.29) is 11.2 Å². The highest BCUT2D eigenvalue weighted by atomic mass is 32.2. The van der Waals surface area contributed by atoms with Gasteiger partial charge in [0.2, 0.25) is 5.91 Å². The Kier molecular flexibility index (Phi) is 4.70. The van der Waals surface area contributed by atoms with Crippen molar-refractivity contribution >= 4 is 23.5 Å². The van der Waals surface area contributed by atoms with E-state index in [4.69, 9.17) is 0 Å². The SMILES string of the molecule is Cc1nn(-c2ncccn2)c2c1[C@H](c1ccc(C(C)C)cc1)SCC(=O)N2. The number of aromatic nitrogens is 4. The monoisotopic (exact) mass is 379 g/mol. The number of aryl methyl sites for hydroxylation is 1. The summed E-state index contributed by atoms with van der Waals surface area (Å²) >= 11 is 1.62. The molecule has 1 amide bonds. The molecule has 27 heavy (non-hydrogen) atoms. The lowest BCUT2D eigenvalue weighted by Crippen LogP contribution is -2.16. The first-order valence-corrected chi connectivity index (χ1v) is 9.97. The summed E-state index contributed by atoms with van der Waals surface area (Å²) < 4.78 is 1.63. The van der Waals surface area contributed by atoms with Crippen LogP contribution in [0.1, 0.15) is 47.4 Å². The number of nitrogens with zero attached hydrogens (tertiary/aromatic N) is 4. The topological polar surface area (TPSA) is 72.7 Å². The minimum atomic E-state index is -0.0420. The summed E-state index contributed by atoms with van der Waals surface area (Å²) in [7, 11) is 0. The number of anilines is 1. The Morgan fingerprint density at radius 1 is 1.19 bits per heavy atom. The summed E-state index contributed by atoms with van der Waals surface area (Å²) in [5.74, 6) is 1.94. The maximum atomic E-state index is 12.3. The zero-order valence-corrected chi connectivity index (χ0v) is 16.3. The van der Waals surface area contributed by atoms with Crippen LogP contribution in [0, 0.1) is 6.92 Å². The standard InChI is InChI=1S/C20H21N5OS/c1-12(2)14-5-7-15(8-6-14)18-17-13(3)24-25(20-21-9-4-10-22-20)19(17)23-16(26)11-27-18/h4-10,12,18H,11H2,1-3H3,(H,23,26)/t18-/m0/s1. The van der Waals surface area contributed by atoms with Gasteiger partial charge in [-0.2, -0.15) is 9.78 Å². The van der Waals surface area contributed by atoms with E-state index in [1.807, 2.05) is 6.92 Å². The molecule has 0 aliphatic carbocycles. The van der Waals surface area contributed by atoms with E-state index in [1.54, 1.807) is 34.9 Å². The molecule has 1 N–H and O–H groups in total. The highest BCUT2D eigenvalue weighted by Crippen LogP contribution is 2.43. The van der Waals surface area contributed by atoms with Gasteiger partial charge in [-0.05, 0) is 30.0 Å². The molecule has 4 rings (SSSR count). The van der Waals surface area contributed by atoms with E-state index in [0.717, 1.165) is 11.3 Å². The molecule has 1 aliphatic rings. The van der Waals surface area contributed by atoms with Crippen molar-refractivity contribution in [2.75, 3.05) is 11.1 Å². The molecule has 0 saturated carbocycles. The molecule has 1 atom stereocenters. The van der Waals surface area contributed by atoms with Crippen LogP contribution in [-0.4, -0.2) is 31.4 Å². The Morgan fingerprint density at radius 2 is 1.89 bits per heavy atom. The van der Waals surface area contributed by atoms with Gasteiger partial charge >= 0.3 is 0 Å². The third kappa shape index (κ3) is 3.35. The van der Waals surface area contributed by atoms with Gasteiger partial charge in [-0.3, -0.25) is 4.79 Å². The second-order valence-electron chi connectivity index (χ2n) is 6.87. The lowest BCUT2D eigenvalue weighted by atomic mass is 9.98. The Balaban J connectivity index is 1.83. The molecule has 0 bridgehead atoms. The minimum absolute atomic E-state index is 0.0256. The number of benzene rings is 1. The van der Waals surface area contributed by atoms with Crippen molar-refractivity contribution in [1.29, 1.82) is 0 Å². The first-order chi connectivity index (χ1) is 13.0. The molecule has 3 aromatic rings. The molecular weight excluding hydrogens is 358 g/mol. The van der Waals surface area contributed by atoms with Crippen molar-refractivity contribution in [3.8, 4) is 5.95 Å². The quantitative estimate of drug-likeness (QED) is 0.748. The first-order valence-electron chi connectivity index (χ1n) is 8.93. The predicted molar refractivity (Wildman–Crippen MR) is 107 cm³/mol. The van der Waals surface area contributed by atoms with Crippen molar-refractivity contribution < 1.29 is 4.79 Å². The summed E-state index contributed by atoms with van der Waals surface area (Å²) in [5.41, 5.74) is 4.34. The van der Waals surface area contributed by atoms with Crippen molar-refractivity contribution in [1.82, 2.24) is 19.7 Å². The molecule has 7 heteroatoms. The second-order valence-corrected chi connectivity index (χ2v) is 7.96. The van der Waals surface area contributed by atoms with Crippen LogP contribution in [0.3, 0.4) is 0 Å². The Morgan fingerprint density at radius 3 is 2.56 bits per heavy atom. The number of hydrogen-bond acceptors (Lipinski definition) is 5. The van der Waals surface area contributed by atoms with Crippen molar-refractivity contribution in [2.45, 2.75) is 31.9 Å². The maximum absolute atomic E-state index is 12.3. The van der Waals surface area contributed by atoms with Gasteiger partial charge in [0.1, 0.15) is 5.82 Å². The zero-order chi connectivity index (χ0) is 19.0. The highest BCUT2D eigenvalue weighted by Gasteiger charge is 2.31. The number of carbonyl (C=O) groups excluding carboxylic acids is 1. The van der Waals surface area contributed by atoms with E-state index in [2.05, 4.69) is 58.5 Å². The number of hydrogen-bond donors (Lipinski definition) is 1. The Labute approximate surface area is 162 Å². The summed E-state index contributed by atoms with van der Waals surface area (Å²) in [4.78, 5) is 20.9. The summed E-state index contributed by atoms with van der Waals surface area (Å²) in [6, 6.07) is 10.4. The van der Waals surface area contributed by atoms with Crippen LogP contribution in [0.25, 0.3) is 5.95 Å². The van der Waals surface area contributed by atoms with Crippen LogP contribution in [0.4, 0.5) is 5.82 Å². The summed E-state index contributed by atoms with van der Waals surface area (Å²) in [6.45, 7) is 6.33. The van der Waals surface area contributed by atoms with Crippen LogP contribution in [0.15, 0.2) is 42.7 Å². The molecular formula is C20H21N5OS. The fourth-order valence-electron chi connectivity index (χ4n) is 3.25. The number of nitrogens with one attached hydrogen (secondary N) is 1. The number of fused-ring (bicyclic) bond motifs is 1. The average Bonchev–Trinajstić information content (AvgIpc) is 2.88. The molecule has 2 aromatic heterocycles. The van der Waals surface area contributed by atoms with Gasteiger partial charge in [-0.1, -0.05) is 38.1 Å². The van der Waals surface area contributed by atoms with E-state index in [1.165, 1.54) is 11.1 Å². The van der Waals surface area contributed by atoms with Crippen molar-refractivity contribution in [2.24, 2.45) is 0 Å². The molecule has 138 valence electrons.